The van der Waals surface area contributed by atoms with Crippen LogP contribution < -0.4 is 84.5 Å². The van der Waals surface area contributed by atoms with Gasteiger partial charge in [0.05, 0.1) is 61.1 Å². The molecule has 14 nitrogen and oxygen atoms in total. The number of nitrogens with zero attached hydrogens (tertiary/aromatic N) is 7. The number of thiophene rings is 1. The Morgan fingerprint density at radius 3 is 2.24 bits per heavy atom. The Balaban J connectivity index is 0.000000297. The van der Waals surface area contributed by atoms with Gasteiger partial charge in [-0.3, -0.25) is 24.2 Å². The van der Waals surface area contributed by atoms with E-state index in [2.05, 4.69) is 49.2 Å². The van der Waals surface area contributed by atoms with E-state index in [0.717, 1.165) is 71.1 Å². The van der Waals surface area contributed by atoms with Crippen LogP contribution in [0.2, 0.25) is 15.1 Å². The zero-order valence-electron chi connectivity index (χ0n) is 37.1. The van der Waals surface area contributed by atoms with Crippen LogP contribution in [0, 0.1) is 34.1 Å². The maximum Gasteiger partial charge on any atom is 1.00 e. The minimum Gasteiger partial charge on any atom is -0.378 e. The summed E-state index contributed by atoms with van der Waals surface area (Å²) in [5.41, 5.74) is 5.38. The molecule has 0 radical (unpaired) electrons. The molecule has 3 aliphatic rings. The van der Waals surface area contributed by atoms with Crippen molar-refractivity contribution >= 4 is 75.2 Å². The van der Waals surface area contributed by atoms with Gasteiger partial charge in [-0.2, -0.15) is 5.10 Å². The van der Waals surface area contributed by atoms with E-state index in [1.165, 1.54) is 22.9 Å². The Bertz CT molecular complexity index is 2180. The first-order chi connectivity index (χ1) is 29.5. The number of carbonyl (C=O) groups is 2. The van der Waals surface area contributed by atoms with Crippen molar-refractivity contribution in [3.05, 3.63) is 98.2 Å². The maximum absolute atomic E-state index is 12.6. The van der Waals surface area contributed by atoms with Gasteiger partial charge in [0, 0.05) is 60.4 Å². The number of halogens is 3. The molecule has 4 aromatic rings. The third-order valence-corrected chi connectivity index (χ3v) is 12.8. The van der Waals surface area contributed by atoms with E-state index in [9.17, 15) is 9.59 Å². The van der Waals surface area contributed by atoms with E-state index in [4.69, 9.17) is 54.0 Å². The number of ether oxygens (including phenoxy) is 3. The molecule has 3 aliphatic heterocycles. The van der Waals surface area contributed by atoms with E-state index in [-0.39, 0.29) is 88.1 Å². The van der Waals surface area contributed by atoms with Crippen molar-refractivity contribution in [3.8, 4) is 5.00 Å². The third kappa shape index (κ3) is 15.9. The Hall–Kier alpha value is -1.88. The second kappa shape index (κ2) is 27.1. The molecule has 0 unspecified atom stereocenters. The Morgan fingerprint density at radius 2 is 1.56 bits per heavy atom. The molecule has 7 rings (SSSR count). The predicted octanol–water partition coefficient (Wildman–Crippen LogP) is 4.63. The van der Waals surface area contributed by atoms with Gasteiger partial charge in [-0.25, -0.2) is 0 Å². The SMILES string of the molecule is CC(=O)NCCOCCOCCOCCN1CCC(CC(=O)NC2=NN(c3ccc(Cl)c(Cl)c3)CC2)CC1.Cc1sc2c(c1C)C(c1ccc(Cl)cc1)=NCc1nnc(C)n1-2.[CH3-].[Cs+]. The average molecular weight is 1060 g/mol. The molecule has 1 fully saturated rings. The van der Waals surface area contributed by atoms with Crippen molar-refractivity contribution < 1.29 is 92.7 Å². The molecule has 0 bridgehead atoms. The molecule has 2 aromatic heterocycles. The molecule has 2 N–H and O–H groups in total. The molecule has 0 saturated carbocycles. The topological polar surface area (TPSA) is 148 Å². The number of benzene rings is 2. The molecular formula is C44H57Cl3CsN9O5S. The van der Waals surface area contributed by atoms with Gasteiger partial charge in [0.1, 0.15) is 23.2 Å². The number of hydrogen-bond donors (Lipinski definition) is 2. The largest absolute Gasteiger partial charge is 1.00 e. The van der Waals surface area contributed by atoms with E-state index in [1.54, 1.807) is 23.5 Å². The summed E-state index contributed by atoms with van der Waals surface area (Å²) in [5, 5.41) is 23.4. The first-order valence-corrected chi connectivity index (χ1v) is 22.5. The van der Waals surface area contributed by atoms with E-state index in [0.29, 0.717) is 93.9 Å². The second-order valence-electron chi connectivity index (χ2n) is 15.0. The van der Waals surface area contributed by atoms with Crippen molar-refractivity contribution in [2.24, 2.45) is 16.0 Å². The number of hydrazone groups is 1. The molecule has 1 saturated heterocycles. The molecule has 2 aromatic carbocycles. The minimum atomic E-state index is -0.0561. The minimum absolute atomic E-state index is 0. The van der Waals surface area contributed by atoms with Crippen LogP contribution in [0.15, 0.2) is 52.6 Å². The monoisotopic (exact) mass is 1060 g/mol. The first-order valence-electron chi connectivity index (χ1n) is 20.6. The maximum atomic E-state index is 12.6. The number of amidine groups is 1. The van der Waals surface area contributed by atoms with E-state index in [1.807, 2.05) is 42.3 Å². The van der Waals surface area contributed by atoms with Gasteiger partial charge in [0.25, 0.3) is 0 Å². The summed E-state index contributed by atoms with van der Waals surface area (Å²) in [6.07, 6.45) is 3.20. The van der Waals surface area contributed by atoms with Crippen LogP contribution in [0.25, 0.3) is 5.00 Å². The van der Waals surface area contributed by atoms with Crippen LogP contribution in [0.1, 0.15) is 65.8 Å². The summed E-state index contributed by atoms with van der Waals surface area (Å²) in [6, 6.07) is 13.3. The fraction of sp³-hybridized carbons (Fsp3) is 0.477. The van der Waals surface area contributed by atoms with Crippen molar-refractivity contribution in [1.29, 1.82) is 0 Å². The Kier molecular flexibility index (Phi) is 23.1. The molecule has 0 aliphatic carbocycles. The van der Waals surface area contributed by atoms with Gasteiger partial charge in [-0.1, -0.05) is 46.9 Å². The van der Waals surface area contributed by atoms with Crippen LogP contribution in [-0.4, -0.2) is 115 Å². The van der Waals surface area contributed by atoms with Crippen LogP contribution in [0.3, 0.4) is 0 Å². The zero-order valence-corrected chi connectivity index (χ0v) is 46.5. The van der Waals surface area contributed by atoms with Gasteiger partial charge < -0.3 is 37.2 Å². The number of aromatic nitrogens is 3. The van der Waals surface area contributed by atoms with Gasteiger partial charge in [0.15, 0.2) is 5.82 Å². The van der Waals surface area contributed by atoms with E-state index >= 15 is 0 Å². The number of hydrogen-bond acceptors (Lipinski definition) is 12. The fourth-order valence-corrected chi connectivity index (χ4v) is 8.84. The molecule has 0 spiro atoms. The van der Waals surface area contributed by atoms with Crippen LogP contribution >= 0.6 is 46.1 Å². The number of likely N-dealkylation sites (tertiary alicyclic amines) is 1. The molecule has 2 amide bonds. The van der Waals surface area contributed by atoms with Crippen molar-refractivity contribution in [3.63, 3.8) is 0 Å². The Morgan fingerprint density at radius 1 is 0.873 bits per heavy atom. The van der Waals surface area contributed by atoms with Crippen LogP contribution in [0.5, 0.6) is 0 Å². The fourth-order valence-electron chi connectivity index (χ4n) is 7.19. The molecule has 0 atom stereocenters. The number of aryl methyl sites for hydroxylation is 2. The number of amides is 2. The molecule has 5 heterocycles. The van der Waals surface area contributed by atoms with Crippen molar-refractivity contribution in [2.45, 2.75) is 59.9 Å². The van der Waals surface area contributed by atoms with Crippen molar-refractivity contribution in [1.82, 2.24) is 30.3 Å². The smallest absolute Gasteiger partial charge is 0.378 e. The molecule has 63 heavy (non-hydrogen) atoms. The standard InChI is InChI=1S/C26H39Cl2N5O5.C17H15ClN4S.CH3.Cs/c1-20(34)29-7-12-36-14-16-38-17-15-37-13-11-32-8-4-21(5-9-32)18-26(35)30-25-6-10-33(31-25)22-2-3-23(27)24(28)19-22;1-9-10(2)23-17-15(9)16(12-4-6-13(18)7-5-12)19-8-14-21-20-11(3)22(14)17;;/h2-3,19,21H,4-18H2,1H3,(H,29,34)(H,30,31,35);4-7H,8H2,1-3H3;1H3;/q;;-1;+1. The summed E-state index contributed by atoms with van der Waals surface area (Å²) in [6.45, 7) is 15.6. The number of carbonyl (C=O) groups excluding carboxylic acids is 2. The van der Waals surface area contributed by atoms with Crippen LogP contribution in [-0.2, 0) is 30.3 Å². The predicted molar refractivity (Wildman–Crippen MR) is 250 cm³/mol. The van der Waals surface area contributed by atoms with Crippen molar-refractivity contribution in [2.75, 3.05) is 77.4 Å². The summed E-state index contributed by atoms with van der Waals surface area (Å²) in [7, 11) is 0. The Labute approximate surface area is 449 Å². The first kappa shape index (κ1) is 53.7. The summed E-state index contributed by atoms with van der Waals surface area (Å²) < 4.78 is 18.6. The quantitative estimate of drug-likeness (QED) is 0.121. The zero-order chi connectivity index (χ0) is 43.3. The average Bonchev–Trinajstić information content (AvgIpc) is 3.91. The number of fused-ring (bicyclic) bond motifs is 3. The number of anilines is 1. The van der Waals surface area contributed by atoms with Gasteiger partial charge in [-0.15, -0.1) is 21.5 Å². The van der Waals surface area contributed by atoms with Gasteiger partial charge in [-0.05, 0) is 88.5 Å². The number of piperidine rings is 1. The van der Waals surface area contributed by atoms with E-state index < -0.39 is 0 Å². The molecule has 19 heteroatoms. The summed E-state index contributed by atoms with van der Waals surface area (Å²) in [4.78, 5) is 31.8. The number of aliphatic imine (C=N–C) groups is 1. The third-order valence-electron chi connectivity index (χ3n) is 10.6. The second-order valence-corrected chi connectivity index (χ2v) is 17.5. The molecule has 336 valence electrons. The summed E-state index contributed by atoms with van der Waals surface area (Å²) in [5.74, 6) is 2.83. The van der Waals surface area contributed by atoms with Gasteiger partial charge >= 0.3 is 68.9 Å². The van der Waals surface area contributed by atoms with Crippen LogP contribution in [0.4, 0.5) is 5.69 Å². The number of nitrogens with one attached hydrogen (secondary N) is 2. The van der Waals surface area contributed by atoms with Gasteiger partial charge in [0.2, 0.25) is 11.8 Å². The number of rotatable bonds is 16. The summed E-state index contributed by atoms with van der Waals surface area (Å²) >= 11 is 19.9. The molecular weight excluding hydrogens is 1010 g/mol. The normalized spacial score (nSPS) is 14.8.